The Morgan fingerprint density at radius 3 is 2.35 bits per heavy atom. The van der Waals surface area contributed by atoms with Gasteiger partial charge in [-0.1, -0.05) is 42.1 Å². The molecule has 0 amide bonds. The SMILES string of the molecule is CC(=O)O.NC1=Nc2ccccc2Sc2ccccc21. The van der Waals surface area contributed by atoms with Gasteiger partial charge in [-0.05, 0) is 18.2 Å². The number of nitrogens with two attached hydrogens (primary N) is 1. The minimum Gasteiger partial charge on any atom is -0.481 e. The van der Waals surface area contributed by atoms with Crippen molar-refractivity contribution in [2.75, 3.05) is 0 Å². The summed E-state index contributed by atoms with van der Waals surface area (Å²) < 4.78 is 0. The number of aliphatic imine (C=N–C) groups is 1. The summed E-state index contributed by atoms with van der Waals surface area (Å²) in [5.74, 6) is -0.243. The fraction of sp³-hybridized carbons (Fsp3) is 0.0667. The number of fused-ring (bicyclic) bond motifs is 2. The Hall–Kier alpha value is -2.27. The predicted octanol–water partition coefficient (Wildman–Crippen LogP) is 3.28. The van der Waals surface area contributed by atoms with Crippen LogP contribution in [0.15, 0.2) is 63.3 Å². The van der Waals surface area contributed by atoms with Gasteiger partial charge in [0.05, 0.1) is 5.69 Å². The van der Waals surface area contributed by atoms with Crippen LogP contribution in [0.25, 0.3) is 0 Å². The molecule has 1 aliphatic heterocycles. The molecule has 0 aliphatic carbocycles. The van der Waals surface area contributed by atoms with Gasteiger partial charge in [0.1, 0.15) is 5.84 Å². The van der Waals surface area contributed by atoms with Crippen molar-refractivity contribution in [1.29, 1.82) is 0 Å². The molecule has 1 aliphatic rings. The summed E-state index contributed by atoms with van der Waals surface area (Å²) in [6, 6.07) is 16.1. The number of carboxylic acids is 1. The summed E-state index contributed by atoms with van der Waals surface area (Å²) in [6.07, 6.45) is 0. The third kappa shape index (κ3) is 3.39. The molecule has 3 rings (SSSR count). The molecule has 4 nitrogen and oxygen atoms in total. The van der Waals surface area contributed by atoms with Crippen molar-refractivity contribution in [2.45, 2.75) is 16.7 Å². The van der Waals surface area contributed by atoms with E-state index in [1.54, 1.807) is 11.8 Å². The highest BCUT2D eigenvalue weighted by Crippen LogP contribution is 2.39. The van der Waals surface area contributed by atoms with Crippen LogP contribution in [0.5, 0.6) is 0 Å². The molecule has 0 unspecified atom stereocenters. The zero-order valence-corrected chi connectivity index (χ0v) is 11.7. The molecule has 2 aromatic rings. The van der Waals surface area contributed by atoms with Crippen LogP contribution in [0, 0.1) is 0 Å². The minimum absolute atomic E-state index is 0.591. The van der Waals surface area contributed by atoms with Crippen molar-refractivity contribution in [3.05, 3.63) is 54.1 Å². The number of carboxylic acid groups (broad SMARTS) is 1. The number of hydrogen-bond donors (Lipinski definition) is 2. The largest absolute Gasteiger partial charge is 0.481 e. The van der Waals surface area contributed by atoms with Gasteiger partial charge in [0, 0.05) is 22.3 Å². The molecule has 0 spiro atoms. The Bertz CT molecular complexity index is 664. The van der Waals surface area contributed by atoms with Crippen molar-refractivity contribution in [3.63, 3.8) is 0 Å². The molecule has 20 heavy (non-hydrogen) atoms. The Morgan fingerprint density at radius 1 is 1.10 bits per heavy atom. The highest BCUT2D eigenvalue weighted by molar-refractivity contribution is 7.99. The zero-order chi connectivity index (χ0) is 14.5. The van der Waals surface area contributed by atoms with Crippen LogP contribution in [-0.4, -0.2) is 16.9 Å². The maximum Gasteiger partial charge on any atom is 0.300 e. The molecule has 1 heterocycles. The third-order valence-corrected chi connectivity index (χ3v) is 3.63. The van der Waals surface area contributed by atoms with Gasteiger partial charge in [-0.15, -0.1) is 0 Å². The summed E-state index contributed by atoms with van der Waals surface area (Å²) >= 11 is 1.71. The summed E-state index contributed by atoms with van der Waals surface area (Å²) in [6.45, 7) is 1.08. The highest BCUT2D eigenvalue weighted by Gasteiger charge is 2.13. The predicted molar refractivity (Wildman–Crippen MR) is 80.7 cm³/mol. The number of para-hydroxylation sites is 1. The first-order chi connectivity index (χ1) is 9.58. The second kappa shape index (κ2) is 6.25. The Labute approximate surface area is 121 Å². The van der Waals surface area contributed by atoms with Crippen molar-refractivity contribution in [2.24, 2.45) is 10.7 Å². The molecule has 102 valence electrons. The van der Waals surface area contributed by atoms with E-state index in [-0.39, 0.29) is 0 Å². The van der Waals surface area contributed by atoms with E-state index < -0.39 is 5.97 Å². The van der Waals surface area contributed by atoms with E-state index in [0.717, 1.165) is 28.0 Å². The van der Waals surface area contributed by atoms with Crippen molar-refractivity contribution < 1.29 is 9.90 Å². The van der Waals surface area contributed by atoms with E-state index in [4.69, 9.17) is 15.6 Å². The number of amidine groups is 1. The van der Waals surface area contributed by atoms with Crippen LogP contribution in [0.3, 0.4) is 0 Å². The average Bonchev–Trinajstić information content (AvgIpc) is 2.54. The first-order valence-electron chi connectivity index (χ1n) is 5.98. The maximum absolute atomic E-state index is 9.00. The van der Waals surface area contributed by atoms with Gasteiger partial charge in [-0.25, -0.2) is 4.99 Å². The average molecular weight is 286 g/mol. The molecule has 0 saturated heterocycles. The van der Waals surface area contributed by atoms with Gasteiger partial charge in [0.15, 0.2) is 0 Å². The fourth-order valence-corrected chi connectivity index (χ4v) is 2.74. The van der Waals surface area contributed by atoms with Gasteiger partial charge in [-0.3, -0.25) is 4.79 Å². The molecule has 3 N–H and O–H groups in total. The number of aliphatic carboxylic acids is 1. The van der Waals surface area contributed by atoms with Crippen molar-refractivity contribution in [3.8, 4) is 0 Å². The fourth-order valence-electron chi connectivity index (χ4n) is 1.71. The van der Waals surface area contributed by atoms with Crippen LogP contribution in [0.2, 0.25) is 0 Å². The lowest BCUT2D eigenvalue weighted by atomic mass is 10.2. The normalized spacial score (nSPS) is 11.9. The molecule has 0 bridgehead atoms. The summed E-state index contributed by atoms with van der Waals surface area (Å²) in [5.41, 5.74) is 7.96. The molecule has 0 saturated carbocycles. The Kier molecular flexibility index (Phi) is 4.42. The van der Waals surface area contributed by atoms with E-state index >= 15 is 0 Å². The van der Waals surface area contributed by atoms with Gasteiger partial charge in [-0.2, -0.15) is 0 Å². The minimum atomic E-state index is -0.833. The van der Waals surface area contributed by atoms with E-state index in [0.29, 0.717) is 5.84 Å². The smallest absolute Gasteiger partial charge is 0.300 e. The quantitative estimate of drug-likeness (QED) is 0.779. The van der Waals surface area contributed by atoms with Gasteiger partial charge in [0.25, 0.3) is 5.97 Å². The maximum atomic E-state index is 9.00. The van der Waals surface area contributed by atoms with E-state index in [1.165, 1.54) is 0 Å². The van der Waals surface area contributed by atoms with Crippen LogP contribution >= 0.6 is 11.8 Å². The number of hydrogen-bond acceptors (Lipinski definition) is 4. The first kappa shape index (κ1) is 14.1. The zero-order valence-electron chi connectivity index (χ0n) is 10.9. The van der Waals surface area contributed by atoms with Crippen LogP contribution < -0.4 is 5.73 Å². The number of benzene rings is 2. The van der Waals surface area contributed by atoms with Crippen molar-refractivity contribution in [1.82, 2.24) is 0 Å². The number of nitrogens with zero attached hydrogens (tertiary/aromatic N) is 1. The molecule has 2 aromatic carbocycles. The topological polar surface area (TPSA) is 75.7 Å². The lowest BCUT2D eigenvalue weighted by Crippen LogP contribution is -2.12. The molecule has 0 radical (unpaired) electrons. The van der Waals surface area contributed by atoms with E-state index in [1.807, 2.05) is 36.4 Å². The summed E-state index contributed by atoms with van der Waals surface area (Å²) in [7, 11) is 0. The van der Waals surface area contributed by atoms with Crippen LogP contribution in [0.4, 0.5) is 5.69 Å². The summed E-state index contributed by atoms with van der Waals surface area (Å²) in [5, 5.41) is 7.42. The first-order valence-corrected chi connectivity index (χ1v) is 6.79. The number of rotatable bonds is 0. The lowest BCUT2D eigenvalue weighted by molar-refractivity contribution is -0.134. The van der Waals surface area contributed by atoms with E-state index in [9.17, 15) is 0 Å². The second-order valence-electron chi connectivity index (χ2n) is 4.08. The molecular weight excluding hydrogens is 272 g/mol. The van der Waals surface area contributed by atoms with Gasteiger partial charge >= 0.3 is 0 Å². The second-order valence-corrected chi connectivity index (χ2v) is 5.17. The Balaban J connectivity index is 0.000000328. The van der Waals surface area contributed by atoms with Gasteiger partial charge in [0.2, 0.25) is 0 Å². The van der Waals surface area contributed by atoms with Crippen LogP contribution in [0.1, 0.15) is 12.5 Å². The molecule has 0 atom stereocenters. The molecule has 0 fully saturated rings. The Morgan fingerprint density at radius 2 is 1.65 bits per heavy atom. The number of carbonyl (C=O) groups is 1. The summed E-state index contributed by atoms with van der Waals surface area (Å²) in [4.78, 5) is 15.8. The molecule has 5 heteroatoms. The molecule has 0 aromatic heterocycles. The van der Waals surface area contributed by atoms with Crippen LogP contribution in [-0.2, 0) is 4.79 Å². The molecular formula is C15H14N2O2S. The standard InChI is InChI=1S/C13H10N2S.C2H4O2/c14-13-9-5-1-3-7-11(9)16-12-8-4-2-6-10(12)15-13;1-2(3)4/h1-8H,(H2,14,15);1H3,(H,3,4). The van der Waals surface area contributed by atoms with Gasteiger partial charge < -0.3 is 10.8 Å². The highest BCUT2D eigenvalue weighted by atomic mass is 32.2. The van der Waals surface area contributed by atoms with E-state index in [2.05, 4.69) is 17.1 Å². The van der Waals surface area contributed by atoms with Crippen molar-refractivity contribution >= 4 is 29.3 Å². The third-order valence-electron chi connectivity index (χ3n) is 2.49. The monoisotopic (exact) mass is 286 g/mol. The lowest BCUT2D eigenvalue weighted by Gasteiger charge is -2.04.